The van der Waals surface area contributed by atoms with Gasteiger partial charge in [0.2, 0.25) is 5.91 Å². The molecular weight excluding hydrogens is 378 g/mol. The van der Waals surface area contributed by atoms with E-state index in [0.29, 0.717) is 5.56 Å². The summed E-state index contributed by atoms with van der Waals surface area (Å²) in [5.74, 6) is -0.460. The van der Waals surface area contributed by atoms with E-state index in [4.69, 9.17) is 10.6 Å². The lowest BCUT2D eigenvalue weighted by molar-refractivity contribution is 0.0407. The van der Waals surface area contributed by atoms with Gasteiger partial charge in [0.15, 0.2) is 0 Å². The zero-order chi connectivity index (χ0) is 22.0. The third-order valence-electron chi connectivity index (χ3n) is 5.10. The van der Waals surface area contributed by atoms with Crippen LogP contribution in [0.25, 0.3) is 22.0 Å². The van der Waals surface area contributed by atoms with Crippen LogP contribution in [0.3, 0.4) is 0 Å². The molecule has 0 saturated heterocycles. The van der Waals surface area contributed by atoms with Gasteiger partial charge in [-0.2, -0.15) is 4.73 Å². The van der Waals surface area contributed by atoms with Gasteiger partial charge >= 0.3 is 0 Å². The Hall–Kier alpha value is -2.99. The number of nitrogens with zero attached hydrogens (tertiary/aromatic N) is 2. The first-order valence-electron chi connectivity index (χ1n) is 10.3. The van der Waals surface area contributed by atoms with Crippen LogP contribution in [-0.2, 0) is 0 Å². The Morgan fingerprint density at radius 3 is 2.27 bits per heavy atom. The van der Waals surface area contributed by atoms with Crippen molar-refractivity contribution in [1.82, 2.24) is 4.73 Å². The average molecular weight is 410 g/mol. The highest BCUT2D eigenvalue weighted by Crippen LogP contribution is 2.39. The number of rotatable bonds is 8. The van der Waals surface area contributed by atoms with E-state index in [1.165, 1.54) is 0 Å². The highest BCUT2D eigenvalue weighted by molar-refractivity contribution is 6.09. The van der Waals surface area contributed by atoms with Crippen molar-refractivity contribution in [2.75, 3.05) is 11.5 Å². The summed E-state index contributed by atoms with van der Waals surface area (Å²) in [7, 11) is 0. The third kappa shape index (κ3) is 4.14. The summed E-state index contributed by atoms with van der Waals surface area (Å²) in [6.07, 6.45) is 1.37. The SMILES string of the molecule is CC(O)COn1cc(N(C(C)C)C(C)C)c2c(-c3ccccc3C(N)=O)cccc21. The van der Waals surface area contributed by atoms with E-state index in [1.54, 1.807) is 17.7 Å². The fraction of sp³-hybridized carbons (Fsp3) is 0.375. The van der Waals surface area contributed by atoms with E-state index in [9.17, 15) is 9.90 Å². The van der Waals surface area contributed by atoms with Gasteiger partial charge in [-0.1, -0.05) is 30.3 Å². The van der Waals surface area contributed by atoms with Gasteiger partial charge in [0, 0.05) is 23.0 Å². The molecule has 0 aliphatic heterocycles. The lowest BCUT2D eigenvalue weighted by Crippen LogP contribution is -2.37. The van der Waals surface area contributed by atoms with Gasteiger partial charge in [-0.3, -0.25) is 4.79 Å². The Kier molecular flexibility index (Phi) is 6.37. The minimum atomic E-state index is -0.587. The van der Waals surface area contributed by atoms with Crippen LogP contribution in [0.15, 0.2) is 48.7 Å². The minimum absolute atomic E-state index is 0.175. The van der Waals surface area contributed by atoms with Crippen LogP contribution in [0.2, 0.25) is 0 Å². The maximum absolute atomic E-state index is 12.1. The van der Waals surface area contributed by atoms with Crippen LogP contribution in [-0.4, -0.2) is 40.5 Å². The highest BCUT2D eigenvalue weighted by Gasteiger charge is 2.24. The first-order valence-corrected chi connectivity index (χ1v) is 10.3. The molecule has 3 N–H and O–H groups in total. The molecule has 0 fully saturated rings. The summed E-state index contributed by atoms with van der Waals surface area (Å²) >= 11 is 0. The number of carbonyl (C=O) groups excluding carboxylic acids is 1. The Labute approximate surface area is 177 Å². The second-order valence-corrected chi connectivity index (χ2v) is 8.19. The molecule has 1 heterocycles. The molecular formula is C24H31N3O3. The Morgan fingerprint density at radius 1 is 1.03 bits per heavy atom. The van der Waals surface area contributed by atoms with E-state index in [0.717, 1.165) is 27.7 Å². The average Bonchev–Trinajstić information content (AvgIpc) is 3.04. The maximum atomic E-state index is 12.1. The van der Waals surface area contributed by atoms with Gasteiger partial charge in [0.25, 0.3) is 0 Å². The number of hydrogen-bond donors (Lipinski definition) is 2. The van der Waals surface area contributed by atoms with Crippen LogP contribution in [0.4, 0.5) is 5.69 Å². The molecule has 0 aliphatic carbocycles. The van der Waals surface area contributed by atoms with Crippen LogP contribution >= 0.6 is 0 Å². The van der Waals surface area contributed by atoms with Crippen molar-refractivity contribution in [3.05, 3.63) is 54.2 Å². The number of primary amides is 1. The number of aliphatic hydroxyl groups is 1. The maximum Gasteiger partial charge on any atom is 0.249 e. The van der Waals surface area contributed by atoms with Crippen molar-refractivity contribution in [3.8, 4) is 11.1 Å². The number of benzene rings is 2. The molecule has 0 spiro atoms. The van der Waals surface area contributed by atoms with Crippen molar-refractivity contribution in [2.24, 2.45) is 5.73 Å². The first-order chi connectivity index (χ1) is 14.2. The number of aliphatic hydroxyl groups excluding tert-OH is 1. The monoisotopic (exact) mass is 409 g/mol. The summed E-state index contributed by atoms with van der Waals surface area (Å²) in [4.78, 5) is 20.3. The fourth-order valence-electron chi connectivity index (χ4n) is 4.04. The fourth-order valence-corrected chi connectivity index (χ4v) is 4.04. The van der Waals surface area contributed by atoms with Crippen LogP contribution in [0.1, 0.15) is 45.0 Å². The van der Waals surface area contributed by atoms with E-state index >= 15 is 0 Å². The van der Waals surface area contributed by atoms with Crippen LogP contribution < -0.4 is 15.5 Å². The second-order valence-electron chi connectivity index (χ2n) is 8.19. The van der Waals surface area contributed by atoms with Gasteiger partial charge in [-0.15, -0.1) is 0 Å². The van der Waals surface area contributed by atoms with Crippen molar-refractivity contribution in [1.29, 1.82) is 0 Å². The number of hydrogen-bond acceptors (Lipinski definition) is 4. The largest absolute Gasteiger partial charge is 0.411 e. The van der Waals surface area contributed by atoms with Crippen molar-refractivity contribution >= 4 is 22.5 Å². The number of aromatic nitrogens is 1. The molecule has 2 aromatic carbocycles. The van der Waals surface area contributed by atoms with Crippen molar-refractivity contribution in [2.45, 2.75) is 52.8 Å². The lowest BCUT2D eigenvalue weighted by Gasteiger charge is -2.32. The molecule has 30 heavy (non-hydrogen) atoms. The molecule has 0 radical (unpaired) electrons. The van der Waals surface area contributed by atoms with E-state index in [-0.39, 0.29) is 18.7 Å². The number of amides is 1. The van der Waals surface area contributed by atoms with Crippen LogP contribution in [0, 0.1) is 0 Å². The van der Waals surface area contributed by atoms with Gasteiger partial charge in [-0.05, 0) is 57.9 Å². The number of carbonyl (C=O) groups is 1. The normalized spacial score (nSPS) is 12.5. The number of anilines is 1. The smallest absolute Gasteiger partial charge is 0.249 e. The minimum Gasteiger partial charge on any atom is -0.411 e. The molecule has 6 nitrogen and oxygen atoms in total. The Balaban J connectivity index is 2.34. The molecule has 3 rings (SSSR count). The Bertz CT molecular complexity index is 1030. The van der Waals surface area contributed by atoms with Gasteiger partial charge < -0.3 is 20.6 Å². The quantitative estimate of drug-likeness (QED) is 0.592. The molecule has 0 aliphatic rings. The third-order valence-corrected chi connectivity index (χ3v) is 5.10. The Morgan fingerprint density at radius 2 is 1.67 bits per heavy atom. The molecule has 160 valence electrons. The molecule has 0 bridgehead atoms. The van der Waals surface area contributed by atoms with Gasteiger partial charge in [-0.25, -0.2) is 0 Å². The number of nitrogens with two attached hydrogens (primary N) is 1. The molecule has 1 unspecified atom stereocenters. The van der Waals surface area contributed by atoms with Crippen molar-refractivity contribution in [3.63, 3.8) is 0 Å². The first kappa shape index (κ1) is 21.7. The highest BCUT2D eigenvalue weighted by atomic mass is 16.7. The predicted molar refractivity (Wildman–Crippen MR) is 122 cm³/mol. The van der Waals surface area contributed by atoms with Gasteiger partial charge in [0.1, 0.15) is 6.61 Å². The second kappa shape index (κ2) is 8.79. The molecule has 6 heteroatoms. The standard InChI is InChI=1S/C24H31N3O3/c1-15(2)27(16(3)4)22-13-26(30-14-17(5)28)21-12-8-11-19(23(21)22)18-9-6-7-10-20(18)24(25)29/h6-13,15-17,28H,14H2,1-5H3,(H2,25,29). The topological polar surface area (TPSA) is 80.7 Å². The molecule has 0 saturated carbocycles. The molecule has 1 aromatic heterocycles. The summed E-state index contributed by atoms with van der Waals surface area (Å²) in [5.41, 5.74) is 9.74. The van der Waals surface area contributed by atoms with E-state index in [1.807, 2.05) is 42.6 Å². The van der Waals surface area contributed by atoms with Gasteiger partial charge in [0.05, 0.1) is 23.5 Å². The zero-order valence-corrected chi connectivity index (χ0v) is 18.3. The molecule has 3 aromatic rings. The molecule has 1 amide bonds. The number of fused-ring (bicyclic) bond motifs is 1. The lowest BCUT2D eigenvalue weighted by atomic mass is 9.95. The zero-order valence-electron chi connectivity index (χ0n) is 18.3. The molecule has 1 atom stereocenters. The van der Waals surface area contributed by atoms with Crippen molar-refractivity contribution < 1.29 is 14.7 Å². The van der Waals surface area contributed by atoms with Crippen LogP contribution in [0.5, 0.6) is 0 Å². The summed E-state index contributed by atoms with van der Waals surface area (Å²) in [5, 5.41) is 10.7. The predicted octanol–water partition coefficient (Wildman–Crippen LogP) is 3.84. The van der Waals surface area contributed by atoms with E-state index in [2.05, 4.69) is 32.6 Å². The summed E-state index contributed by atoms with van der Waals surface area (Å²) < 4.78 is 1.71. The van der Waals surface area contributed by atoms with E-state index < -0.39 is 12.0 Å². The summed E-state index contributed by atoms with van der Waals surface area (Å²) in [6, 6.07) is 13.8. The summed E-state index contributed by atoms with van der Waals surface area (Å²) in [6.45, 7) is 10.5.